The van der Waals surface area contributed by atoms with Gasteiger partial charge < -0.3 is 10.8 Å². The molecule has 0 radical (unpaired) electrons. The second-order valence-electron chi connectivity index (χ2n) is 6.49. The summed E-state index contributed by atoms with van der Waals surface area (Å²) in [5.74, 6) is -0.854. The molecule has 7 nitrogen and oxygen atoms in total. The van der Waals surface area contributed by atoms with Gasteiger partial charge >= 0.3 is 0 Å². The quantitative estimate of drug-likeness (QED) is 0.682. The molecule has 1 heterocycles. The Bertz CT molecular complexity index is 930. The standard InChI is InChI=1S/C16H20ClFN4O3S/c1-9-6-11(18)13(26(24,25)21-5-4-16(2,3)23)7-10(9)12-8-20-15(19)14(17)22-12/h6-8,21,23H,4-5H2,1-3H3,(H2,19,20). The number of hydrogen-bond acceptors (Lipinski definition) is 6. The SMILES string of the molecule is Cc1cc(F)c(S(=O)(=O)NCCC(C)(C)O)cc1-c1cnc(N)c(Cl)n1. The molecule has 2 rings (SSSR count). The molecule has 1 aromatic heterocycles. The van der Waals surface area contributed by atoms with E-state index in [2.05, 4.69) is 14.7 Å². The molecule has 0 unspecified atom stereocenters. The zero-order valence-corrected chi connectivity index (χ0v) is 16.1. The highest BCUT2D eigenvalue weighted by Crippen LogP contribution is 2.28. The van der Waals surface area contributed by atoms with Crippen molar-refractivity contribution in [3.8, 4) is 11.3 Å². The molecule has 0 atom stereocenters. The summed E-state index contributed by atoms with van der Waals surface area (Å²) in [7, 11) is -4.12. The maximum Gasteiger partial charge on any atom is 0.243 e. The van der Waals surface area contributed by atoms with Gasteiger partial charge in [-0.3, -0.25) is 0 Å². The predicted molar refractivity (Wildman–Crippen MR) is 97.7 cm³/mol. The molecule has 0 saturated heterocycles. The van der Waals surface area contributed by atoms with Gasteiger partial charge in [-0.25, -0.2) is 27.5 Å². The maximum absolute atomic E-state index is 14.3. The highest BCUT2D eigenvalue weighted by Gasteiger charge is 2.23. The second kappa shape index (κ2) is 7.43. The van der Waals surface area contributed by atoms with E-state index in [0.29, 0.717) is 11.1 Å². The van der Waals surface area contributed by atoms with E-state index in [9.17, 15) is 17.9 Å². The van der Waals surface area contributed by atoms with Crippen molar-refractivity contribution < 1.29 is 17.9 Å². The zero-order chi connectivity index (χ0) is 19.7. The molecular formula is C16H20ClFN4O3S. The van der Waals surface area contributed by atoms with Crippen molar-refractivity contribution in [1.29, 1.82) is 0 Å². The number of aromatic nitrogens is 2. The van der Waals surface area contributed by atoms with E-state index in [-0.39, 0.29) is 29.6 Å². The Morgan fingerprint density at radius 1 is 1.38 bits per heavy atom. The number of hydrogen-bond donors (Lipinski definition) is 3. The van der Waals surface area contributed by atoms with E-state index in [4.69, 9.17) is 17.3 Å². The van der Waals surface area contributed by atoms with E-state index in [1.54, 1.807) is 20.8 Å². The Labute approximate surface area is 156 Å². The minimum Gasteiger partial charge on any atom is -0.390 e. The smallest absolute Gasteiger partial charge is 0.243 e. The number of rotatable bonds is 6. The van der Waals surface area contributed by atoms with Crippen LogP contribution in [0.3, 0.4) is 0 Å². The largest absolute Gasteiger partial charge is 0.390 e. The average Bonchev–Trinajstić information content (AvgIpc) is 2.48. The Balaban J connectivity index is 2.42. The lowest BCUT2D eigenvalue weighted by molar-refractivity contribution is 0.0728. The van der Waals surface area contributed by atoms with Gasteiger partial charge in [-0.2, -0.15) is 0 Å². The summed E-state index contributed by atoms with van der Waals surface area (Å²) in [6.07, 6.45) is 1.51. The van der Waals surface area contributed by atoms with E-state index >= 15 is 0 Å². The van der Waals surface area contributed by atoms with Crippen molar-refractivity contribution in [3.05, 3.63) is 34.9 Å². The molecule has 1 aromatic carbocycles. The van der Waals surface area contributed by atoms with Crippen LogP contribution >= 0.6 is 11.6 Å². The Kier molecular flexibility index (Phi) is 5.86. The molecule has 0 spiro atoms. The topological polar surface area (TPSA) is 118 Å². The number of nitrogen functional groups attached to an aromatic ring is 1. The van der Waals surface area contributed by atoms with Gasteiger partial charge in [0.15, 0.2) is 11.0 Å². The Hall–Kier alpha value is -1.81. The van der Waals surface area contributed by atoms with Crippen LogP contribution in [-0.2, 0) is 10.0 Å². The van der Waals surface area contributed by atoms with Gasteiger partial charge in [0.25, 0.3) is 0 Å². The first-order valence-electron chi connectivity index (χ1n) is 7.71. The minimum absolute atomic E-state index is 0.0288. The van der Waals surface area contributed by atoms with Gasteiger partial charge in [-0.05, 0) is 44.9 Å². The molecule has 0 amide bonds. The molecule has 0 aliphatic heterocycles. The van der Waals surface area contributed by atoms with Crippen molar-refractivity contribution in [3.63, 3.8) is 0 Å². The van der Waals surface area contributed by atoms with Gasteiger partial charge in [-0.15, -0.1) is 0 Å². The maximum atomic E-state index is 14.3. The predicted octanol–water partition coefficient (Wildman–Crippen LogP) is 2.27. The third-order valence-electron chi connectivity index (χ3n) is 3.63. The lowest BCUT2D eigenvalue weighted by Gasteiger charge is -2.17. The van der Waals surface area contributed by atoms with Gasteiger partial charge in [0.1, 0.15) is 10.7 Å². The van der Waals surface area contributed by atoms with Gasteiger partial charge in [0.2, 0.25) is 10.0 Å². The number of nitrogens with zero attached hydrogens (tertiary/aromatic N) is 2. The van der Waals surface area contributed by atoms with Crippen LogP contribution in [0.5, 0.6) is 0 Å². The van der Waals surface area contributed by atoms with Crippen LogP contribution in [0.2, 0.25) is 5.15 Å². The monoisotopic (exact) mass is 402 g/mol. The number of halogens is 2. The molecule has 26 heavy (non-hydrogen) atoms. The first kappa shape index (κ1) is 20.5. The number of anilines is 1. The van der Waals surface area contributed by atoms with Crippen LogP contribution in [0.25, 0.3) is 11.3 Å². The van der Waals surface area contributed by atoms with Crippen molar-refractivity contribution >= 4 is 27.4 Å². The molecule has 142 valence electrons. The lowest BCUT2D eigenvalue weighted by atomic mass is 10.1. The number of nitrogens with one attached hydrogen (secondary N) is 1. The molecule has 0 saturated carbocycles. The Morgan fingerprint density at radius 3 is 2.62 bits per heavy atom. The number of sulfonamides is 1. The normalized spacial score (nSPS) is 12.4. The fourth-order valence-electron chi connectivity index (χ4n) is 2.21. The Morgan fingerprint density at radius 2 is 2.04 bits per heavy atom. The van der Waals surface area contributed by atoms with E-state index in [1.165, 1.54) is 12.3 Å². The lowest BCUT2D eigenvalue weighted by Crippen LogP contribution is -2.31. The van der Waals surface area contributed by atoms with Gasteiger partial charge in [0, 0.05) is 12.1 Å². The highest BCUT2D eigenvalue weighted by molar-refractivity contribution is 7.89. The fraction of sp³-hybridized carbons (Fsp3) is 0.375. The molecule has 0 bridgehead atoms. The minimum atomic E-state index is -4.12. The van der Waals surface area contributed by atoms with Crippen molar-refractivity contribution in [2.45, 2.75) is 37.7 Å². The number of benzene rings is 1. The van der Waals surface area contributed by atoms with E-state index in [0.717, 1.165) is 6.07 Å². The molecule has 0 aliphatic carbocycles. The molecule has 2 aromatic rings. The number of nitrogens with two attached hydrogens (primary N) is 1. The van der Waals surface area contributed by atoms with Gasteiger partial charge in [-0.1, -0.05) is 11.6 Å². The summed E-state index contributed by atoms with van der Waals surface area (Å²) in [6.45, 7) is 4.68. The van der Waals surface area contributed by atoms with Crippen molar-refractivity contribution in [2.75, 3.05) is 12.3 Å². The molecule has 0 aliphatic rings. The molecular weight excluding hydrogens is 383 g/mol. The summed E-state index contributed by atoms with van der Waals surface area (Å²) in [4.78, 5) is 7.42. The number of aryl methyl sites for hydroxylation is 1. The zero-order valence-electron chi connectivity index (χ0n) is 14.5. The van der Waals surface area contributed by atoms with Crippen LogP contribution in [0.4, 0.5) is 10.2 Å². The molecule has 10 heteroatoms. The van der Waals surface area contributed by atoms with Crippen LogP contribution < -0.4 is 10.5 Å². The van der Waals surface area contributed by atoms with Crippen molar-refractivity contribution in [1.82, 2.24) is 14.7 Å². The fourth-order valence-corrected chi connectivity index (χ4v) is 3.46. The summed E-state index contributed by atoms with van der Waals surface area (Å²) >= 11 is 5.86. The first-order chi connectivity index (χ1) is 11.9. The highest BCUT2D eigenvalue weighted by atomic mass is 35.5. The molecule has 0 fully saturated rings. The summed E-state index contributed by atoms with van der Waals surface area (Å²) < 4.78 is 41.5. The van der Waals surface area contributed by atoms with Crippen LogP contribution in [0.1, 0.15) is 25.8 Å². The third-order valence-corrected chi connectivity index (χ3v) is 5.38. The van der Waals surface area contributed by atoms with Crippen LogP contribution in [0, 0.1) is 12.7 Å². The first-order valence-corrected chi connectivity index (χ1v) is 9.57. The van der Waals surface area contributed by atoms with Gasteiger partial charge in [0.05, 0.1) is 17.5 Å². The average molecular weight is 403 g/mol. The van der Waals surface area contributed by atoms with E-state index in [1.807, 2.05) is 0 Å². The van der Waals surface area contributed by atoms with Crippen molar-refractivity contribution in [2.24, 2.45) is 0 Å². The molecule has 4 N–H and O–H groups in total. The van der Waals surface area contributed by atoms with E-state index < -0.39 is 26.3 Å². The summed E-state index contributed by atoms with van der Waals surface area (Å²) in [5, 5.41) is 9.64. The summed E-state index contributed by atoms with van der Waals surface area (Å²) in [5.41, 5.74) is 5.58. The van der Waals surface area contributed by atoms with Crippen LogP contribution in [0.15, 0.2) is 23.2 Å². The third kappa shape index (κ3) is 4.88. The summed E-state index contributed by atoms with van der Waals surface area (Å²) in [6, 6.07) is 2.28. The number of aliphatic hydroxyl groups is 1. The van der Waals surface area contributed by atoms with Crippen LogP contribution in [-0.4, -0.2) is 35.6 Å². The second-order valence-corrected chi connectivity index (χ2v) is 8.58.